The summed E-state index contributed by atoms with van der Waals surface area (Å²) in [5.41, 5.74) is 0. The molecule has 0 fully saturated rings. The maximum absolute atomic E-state index is 5.81. The minimum atomic E-state index is 0.311. The second-order valence-corrected chi connectivity index (χ2v) is 5.04. The van der Waals surface area contributed by atoms with Gasteiger partial charge in [-0.15, -0.1) is 11.6 Å². The van der Waals surface area contributed by atoms with Crippen molar-refractivity contribution in [2.75, 3.05) is 26.1 Å². The van der Waals surface area contributed by atoms with E-state index in [0.29, 0.717) is 18.5 Å². The van der Waals surface area contributed by atoms with Gasteiger partial charge in [-0.05, 0) is 13.0 Å². The Morgan fingerprint density at radius 1 is 1.00 bits per heavy atom. The Balaban J connectivity index is 3.11. The average molecular weight is 264 g/mol. The van der Waals surface area contributed by atoms with Crippen LogP contribution in [-0.4, -0.2) is 32.2 Å². The molecule has 0 aromatic heterocycles. The summed E-state index contributed by atoms with van der Waals surface area (Å²) in [5, 5.41) is 3.42. The zero-order valence-corrected chi connectivity index (χ0v) is 12.4. The molecule has 0 aliphatic carbocycles. The predicted octanol–water partition coefficient (Wildman–Crippen LogP) is 3.97. The van der Waals surface area contributed by atoms with E-state index >= 15 is 0 Å². The summed E-state index contributed by atoms with van der Waals surface area (Å²) in [4.78, 5) is 0. The number of rotatable bonds is 13. The lowest BCUT2D eigenvalue weighted by Crippen LogP contribution is -2.35. The molecule has 0 spiro atoms. The summed E-state index contributed by atoms with van der Waals surface area (Å²) in [6.45, 7) is 4.04. The standard InChI is InChI=1S/C14H30ClNO/c1-3-4-5-6-7-8-9-10-11-16-14(12-15)13-17-2/h14,16H,3-13H2,1-2H3. The Morgan fingerprint density at radius 3 is 2.12 bits per heavy atom. The van der Waals surface area contributed by atoms with Crippen LogP contribution in [0, 0.1) is 0 Å². The molecule has 0 bridgehead atoms. The Kier molecular flexibility index (Phi) is 14.4. The minimum absolute atomic E-state index is 0.311. The fourth-order valence-corrected chi connectivity index (χ4v) is 2.12. The van der Waals surface area contributed by atoms with E-state index in [4.69, 9.17) is 16.3 Å². The summed E-state index contributed by atoms with van der Waals surface area (Å²) in [6, 6.07) is 0.311. The van der Waals surface area contributed by atoms with E-state index in [1.54, 1.807) is 7.11 Å². The molecule has 104 valence electrons. The van der Waals surface area contributed by atoms with E-state index in [9.17, 15) is 0 Å². The van der Waals surface area contributed by atoms with Gasteiger partial charge in [-0.3, -0.25) is 0 Å². The summed E-state index contributed by atoms with van der Waals surface area (Å²) in [7, 11) is 1.72. The lowest BCUT2D eigenvalue weighted by molar-refractivity contribution is 0.173. The van der Waals surface area contributed by atoms with Gasteiger partial charge in [0.05, 0.1) is 6.61 Å². The fourth-order valence-electron chi connectivity index (χ4n) is 1.92. The number of ether oxygens (including phenoxy) is 1. The van der Waals surface area contributed by atoms with Gasteiger partial charge in [-0.25, -0.2) is 0 Å². The van der Waals surface area contributed by atoms with Crippen LogP contribution in [0.1, 0.15) is 58.3 Å². The first kappa shape index (κ1) is 17.2. The van der Waals surface area contributed by atoms with E-state index in [2.05, 4.69) is 12.2 Å². The highest BCUT2D eigenvalue weighted by Gasteiger charge is 2.04. The molecule has 0 heterocycles. The average Bonchev–Trinajstić information content (AvgIpc) is 2.35. The van der Waals surface area contributed by atoms with Gasteiger partial charge in [0.2, 0.25) is 0 Å². The summed E-state index contributed by atoms with van der Waals surface area (Å²) in [6.07, 6.45) is 10.9. The number of alkyl halides is 1. The number of unbranched alkanes of at least 4 members (excludes halogenated alkanes) is 7. The predicted molar refractivity (Wildman–Crippen MR) is 77.0 cm³/mol. The van der Waals surface area contributed by atoms with Gasteiger partial charge in [0, 0.05) is 19.0 Å². The van der Waals surface area contributed by atoms with Crippen molar-refractivity contribution in [2.24, 2.45) is 0 Å². The molecule has 0 radical (unpaired) electrons. The summed E-state index contributed by atoms with van der Waals surface area (Å²) in [5.74, 6) is 0.630. The number of hydrogen-bond donors (Lipinski definition) is 1. The van der Waals surface area contributed by atoms with Crippen LogP contribution in [-0.2, 0) is 4.74 Å². The van der Waals surface area contributed by atoms with Crippen LogP contribution in [0.5, 0.6) is 0 Å². The summed E-state index contributed by atoms with van der Waals surface area (Å²) < 4.78 is 5.08. The van der Waals surface area contributed by atoms with Gasteiger partial charge in [-0.2, -0.15) is 0 Å². The molecule has 0 aromatic rings. The second kappa shape index (κ2) is 14.3. The maximum atomic E-state index is 5.81. The van der Waals surface area contributed by atoms with Crippen LogP contribution in [0.3, 0.4) is 0 Å². The molecule has 17 heavy (non-hydrogen) atoms. The zero-order valence-electron chi connectivity index (χ0n) is 11.6. The van der Waals surface area contributed by atoms with E-state index in [1.165, 1.54) is 51.4 Å². The van der Waals surface area contributed by atoms with Gasteiger partial charge in [0.25, 0.3) is 0 Å². The third kappa shape index (κ3) is 12.5. The normalized spacial score (nSPS) is 12.9. The highest BCUT2D eigenvalue weighted by Crippen LogP contribution is 2.07. The number of methoxy groups -OCH3 is 1. The molecule has 0 aromatic carbocycles. The molecule has 0 rings (SSSR count). The second-order valence-electron chi connectivity index (χ2n) is 4.74. The van der Waals surface area contributed by atoms with Gasteiger partial charge < -0.3 is 10.1 Å². The Labute approximate surface area is 112 Å². The topological polar surface area (TPSA) is 21.3 Å². The Hall–Kier alpha value is 0.210. The molecule has 0 aliphatic rings. The van der Waals surface area contributed by atoms with Gasteiger partial charge in [-0.1, -0.05) is 51.9 Å². The third-order valence-corrected chi connectivity index (χ3v) is 3.39. The molecule has 0 saturated carbocycles. The lowest BCUT2D eigenvalue weighted by Gasteiger charge is -2.14. The molecular weight excluding hydrogens is 234 g/mol. The van der Waals surface area contributed by atoms with Crippen molar-refractivity contribution >= 4 is 11.6 Å². The highest BCUT2D eigenvalue weighted by atomic mass is 35.5. The van der Waals surface area contributed by atoms with Crippen LogP contribution in [0.15, 0.2) is 0 Å². The maximum Gasteiger partial charge on any atom is 0.0627 e. The van der Waals surface area contributed by atoms with Gasteiger partial charge in [0.15, 0.2) is 0 Å². The van der Waals surface area contributed by atoms with E-state index in [1.807, 2.05) is 0 Å². The van der Waals surface area contributed by atoms with Crippen LogP contribution < -0.4 is 5.32 Å². The molecule has 1 N–H and O–H groups in total. The molecular formula is C14H30ClNO. The molecule has 2 nitrogen and oxygen atoms in total. The highest BCUT2D eigenvalue weighted by molar-refractivity contribution is 6.18. The van der Waals surface area contributed by atoms with E-state index in [-0.39, 0.29) is 0 Å². The van der Waals surface area contributed by atoms with Crippen LogP contribution in [0.2, 0.25) is 0 Å². The fraction of sp³-hybridized carbons (Fsp3) is 1.00. The number of nitrogens with one attached hydrogen (secondary N) is 1. The van der Waals surface area contributed by atoms with Crippen LogP contribution >= 0.6 is 11.6 Å². The zero-order chi connectivity index (χ0) is 12.8. The van der Waals surface area contributed by atoms with Crippen molar-refractivity contribution in [1.82, 2.24) is 5.32 Å². The first-order valence-electron chi connectivity index (χ1n) is 7.13. The molecule has 0 saturated heterocycles. The molecule has 0 aliphatic heterocycles. The van der Waals surface area contributed by atoms with E-state index < -0.39 is 0 Å². The van der Waals surface area contributed by atoms with Crippen molar-refractivity contribution in [3.8, 4) is 0 Å². The SMILES string of the molecule is CCCCCCCCCCNC(CCl)COC. The van der Waals surface area contributed by atoms with Gasteiger partial charge in [0.1, 0.15) is 0 Å². The molecule has 3 heteroatoms. The third-order valence-electron chi connectivity index (χ3n) is 3.02. The van der Waals surface area contributed by atoms with Crippen molar-refractivity contribution in [1.29, 1.82) is 0 Å². The largest absolute Gasteiger partial charge is 0.383 e. The van der Waals surface area contributed by atoms with Crippen LogP contribution in [0.25, 0.3) is 0 Å². The van der Waals surface area contributed by atoms with Crippen molar-refractivity contribution in [2.45, 2.75) is 64.3 Å². The first-order chi connectivity index (χ1) is 8.35. The molecule has 1 atom stereocenters. The lowest BCUT2D eigenvalue weighted by atomic mass is 10.1. The quantitative estimate of drug-likeness (QED) is 0.401. The Bertz CT molecular complexity index is 144. The number of halogens is 1. The molecule has 0 amide bonds. The molecule has 1 unspecified atom stereocenters. The monoisotopic (exact) mass is 263 g/mol. The van der Waals surface area contributed by atoms with Crippen molar-refractivity contribution < 1.29 is 4.74 Å². The van der Waals surface area contributed by atoms with E-state index in [0.717, 1.165) is 6.54 Å². The number of hydrogen-bond acceptors (Lipinski definition) is 2. The first-order valence-corrected chi connectivity index (χ1v) is 7.66. The van der Waals surface area contributed by atoms with Crippen molar-refractivity contribution in [3.05, 3.63) is 0 Å². The van der Waals surface area contributed by atoms with Gasteiger partial charge >= 0.3 is 0 Å². The van der Waals surface area contributed by atoms with Crippen molar-refractivity contribution in [3.63, 3.8) is 0 Å². The minimum Gasteiger partial charge on any atom is -0.383 e. The summed E-state index contributed by atoms with van der Waals surface area (Å²) >= 11 is 5.81. The smallest absolute Gasteiger partial charge is 0.0627 e. The van der Waals surface area contributed by atoms with Crippen LogP contribution in [0.4, 0.5) is 0 Å². The Morgan fingerprint density at radius 2 is 1.59 bits per heavy atom.